The molecule has 1 aliphatic heterocycles. The minimum absolute atomic E-state index is 0.511. The van der Waals surface area contributed by atoms with Crippen LogP contribution in [0.25, 0.3) is 0 Å². The van der Waals surface area contributed by atoms with Crippen LogP contribution < -0.4 is 10.1 Å². The fraction of sp³-hybridized carbons (Fsp3) is 0.700. The van der Waals surface area contributed by atoms with Crippen LogP contribution in [0.2, 0.25) is 0 Å². The van der Waals surface area contributed by atoms with Crippen molar-refractivity contribution in [3.63, 3.8) is 0 Å². The van der Waals surface area contributed by atoms with Gasteiger partial charge in [0.05, 0.1) is 6.61 Å². The highest BCUT2D eigenvalue weighted by molar-refractivity contribution is 5.36. The molecule has 130 valence electrons. The number of piperidine rings is 1. The van der Waals surface area contributed by atoms with Crippen molar-refractivity contribution in [3.8, 4) is 5.75 Å². The maximum absolute atomic E-state index is 5.78. The van der Waals surface area contributed by atoms with Crippen LogP contribution in [0, 0.1) is 6.92 Å². The molecule has 0 radical (unpaired) electrons. The van der Waals surface area contributed by atoms with Crippen molar-refractivity contribution >= 4 is 0 Å². The van der Waals surface area contributed by atoms with E-state index in [0.29, 0.717) is 6.04 Å². The topological polar surface area (TPSA) is 24.5 Å². The van der Waals surface area contributed by atoms with Gasteiger partial charge < -0.3 is 10.1 Å². The largest absolute Gasteiger partial charge is 0.493 e. The summed E-state index contributed by atoms with van der Waals surface area (Å²) in [4.78, 5) is 2.65. The number of nitrogens with zero attached hydrogens (tertiary/aromatic N) is 1. The maximum Gasteiger partial charge on any atom is 0.122 e. The Kier molecular flexibility index (Phi) is 7.38. The van der Waals surface area contributed by atoms with E-state index >= 15 is 0 Å². The van der Waals surface area contributed by atoms with Gasteiger partial charge in [-0.1, -0.05) is 25.5 Å². The third-order valence-corrected chi connectivity index (χ3v) is 4.99. The summed E-state index contributed by atoms with van der Waals surface area (Å²) in [6.07, 6.45) is 6.22. The summed E-state index contributed by atoms with van der Waals surface area (Å²) in [5.41, 5.74) is 2.65. The van der Waals surface area contributed by atoms with Crippen LogP contribution in [0.3, 0.4) is 0 Å². The zero-order valence-corrected chi connectivity index (χ0v) is 15.4. The zero-order valence-electron chi connectivity index (χ0n) is 15.4. The molecule has 0 aliphatic carbocycles. The van der Waals surface area contributed by atoms with Gasteiger partial charge in [0.2, 0.25) is 0 Å². The Morgan fingerprint density at radius 2 is 2.17 bits per heavy atom. The molecule has 23 heavy (non-hydrogen) atoms. The first-order chi connectivity index (χ1) is 11.1. The fourth-order valence-corrected chi connectivity index (χ4v) is 3.47. The number of aryl methyl sites for hydroxylation is 1. The number of likely N-dealkylation sites (N-methyl/N-ethyl adjacent to an activating group) is 1. The van der Waals surface area contributed by atoms with Crippen molar-refractivity contribution in [3.05, 3.63) is 29.3 Å². The summed E-state index contributed by atoms with van der Waals surface area (Å²) < 4.78 is 5.78. The van der Waals surface area contributed by atoms with Crippen LogP contribution in [0.15, 0.2) is 18.2 Å². The predicted octanol–water partition coefficient (Wildman–Crippen LogP) is 3.79. The lowest BCUT2D eigenvalue weighted by molar-refractivity contribution is 0.145. The van der Waals surface area contributed by atoms with Gasteiger partial charge in [-0.15, -0.1) is 0 Å². The van der Waals surface area contributed by atoms with E-state index in [9.17, 15) is 0 Å². The summed E-state index contributed by atoms with van der Waals surface area (Å²) in [6, 6.07) is 7.89. The van der Waals surface area contributed by atoms with E-state index in [1.807, 2.05) is 0 Å². The summed E-state index contributed by atoms with van der Waals surface area (Å²) in [6.45, 7) is 9.85. The lowest BCUT2D eigenvalue weighted by Gasteiger charge is -2.36. The summed E-state index contributed by atoms with van der Waals surface area (Å²) >= 11 is 0. The smallest absolute Gasteiger partial charge is 0.122 e. The summed E-state index contributed by atoms with van der Waals surface area (Å²) in [5, 5.41) is 3.51. The SMILES string of the molecule is CCCOc1ccc(CC(CN2CCCCC2C)NC)cc1C. The molecule has 0 amide bonds. The normalized spacial score (nSPS) is 20.4. The van der Waals surface area contributed by atoms with Gasteiger partial charge in [-0.2, -0.15) is 0 Å². The highest BCUT2D eigenvalue weighted by atomic mass is 16.5. The van der Waals surface area contributed by atoms with Gasteiger partial charge >= 0.3 is 0 Å². The molecule has 0 saturated carbocycles. The fourth-order valence-electron chi connectivity index (χ4n) is 3.47. The maximum atomic E-state index is 5.78. The van der Waals surface area contributed by atoms with Crippen molar-refractivity contribution in [2.45, 2.75) is 65.0 Å². The van der Waals surface area contributed by atoms with Crippen molar-refractivity contribution in [2.24, 2.45) is 0 Å². The van der Waals surface area contributed by atoms with E-state index in [4.69, 9.17) is 4.74 Å². The molecular weight excluding hydrogens is 284 g/mol. The van der Waals surface area contributed by atoms with Crippen LogP contribution in [0.5, 0.6) is 5.75 Å². The van der Waals surface area contributed by atoms with E-state index in [1.54, 1.807) is 0 Å². The molecule has 0 bridgehead atoms. The molecule has 0 spiro atoms. The lowest BCUT2D eigenvalue weighted by Crippen LogP contribution is -2.46. The summed E-state index contributed by atoms with van der Waals surface area (Å²) in [5.74, 6) is 1.03. The average Bonchev–Trinajstić information content (AvgIpc) is 2.55. The average molecular weight is 319 g/mol. The summed E-state index contributed by atoms with van der Waals surface area (Å²) in [7, 11) is 2.09. The Labute approximate surface area is 142 Å². The number of likely N-dealkylation sites (tertiary alicyclic amines) is 1. The minimum Gasteiger partial charge on any atom is -0.493 e. The molecule has 2 unspecified atom stereocenters. The number of nitrogens with one attached hydrogen (secondary N) is 1. The van der Waals surface area contributed by atoms with E-state index < -0.39 is 0 Å². The van der Waals surface area contributed by atoms with Crippen molar-refractivity contribution in [1.82, 2.24) is 10.2 Å². The lowest BCUT2D eigenvalue weighted by atomic mass is 9.99. The molecule has 2 rings (SSSR count). The second-order valence-corrected chi connectivity index (χ2v) is 6.98. The molecule has 1 aromatic carbocycles. The Balaban J connectivity index is 1.94. The third-order valence-electron chi connectivity index (χ3n) is 4.99. The molecule has 1 aromatic rings. The number of hydrogen-bond acceptors (Lipinski definition) is 3. The minimum atomic E-state index is 0.511. The van der Waals surface area contributed by atoms with Crippen molar-refractivity contribution in [2.75, 3.05) is 26.7 Å². The second kappa shape index (κ2) is 9.29. The molecule has 1 saturated heterocycles. The van der Waals surface area contributed by atoms with Gasteiger partial charge in [-0.25, -0.2) is 0 Å². The standard InChI is InChI=1S/C20H34N2O/c1-5-12-23-20-10-9-18(13-16(20)2)14-19(21-4)15-22-11-7-6-8-17(22)3/h9-10,13,17,19,21H,5-8,11-12,14-15H2,1-4H3. The van der Waals surface area contributed by atoms with Gasteiger partial charge in [0.25, 0.3) is 0 Å². The first kappa shape index (κ1) is 18.3. The first-order valence-electron chi connectivity index (χ1n) is 9.27. The third kappa shape index (κ3) is 5.50. The quantitative estimate of drug-likeness (QED) is 0.789. The Hall–Kier alpha value is -1.06. The number of rotatable bonds is 8. The van der Waals surface area contributed by atoms with Crippen LogP contribution in [0.1, 0.15) is 50.7 Å². The molecule has 1 aliphatic rings. The molecule has 0 aromatic heterocycles. The monoisotopic (exact) mass is 318 g/mol. The molecule has 2 atom stereocenters. The zero-order chi connectivity index (χ0) is 16.7. The van der Waals surface area contributed by atoms with Crippen molar-refractivity contribution < 1.29 is 4.74 Å². The van der Waals surface area contributed by atoms with Crippen LogP contribution in [-0.2, 0) is 6.42 Å². The molecule has 3 heteroatoms. The highest BCUT2D eigenvalue weighted by Crippen LogP contribution is 2.21. The van der Waals surface area contributed by atoms with E-state index in [0.717, 1.165) is 37.8 Å². The van der Waals surface area contributed by atoms with Gasteiger partial charge in [0, 0.05) is 18.6 Å². The molecule has 1 heterocycles. The van der Waals surface area contributed by atoms with Crippen LogP contribution in [0.4, 0.5) is 0 Å². The second-order valence-electron chi connectivity index (χ2n) is 6.98. The Bertz CT molecular complexity index is 475. The van der Waals surface area contributed by atoms with Crippen molar-refractivity contribution in [1.29, 1.82) is 0 Å². The van der Waals surface area contributed by atoms with Gasteiger partial charge in [-0.3, -0.25) is 4.90 Å². The number of benzene rings is 1. The molecule has 1 fully saturated rings. The molecule has 3 nitrogen and oxygen atoms in total. The predicted molar refractivity (Wildman–Crippen MR) is 98.4 cm³/mol. The van der Waals surface area contributed by atoms with Gasteiger partial charge in [-0.05, 0) is 70.3 Å². The van der Waals surface area contributed by atoms with E-state index in [2.05, 4.69) is 56.2 Å². The van der Waals surface area contributed by atoms with Gasteiger partial charge in [0.1, 0.15) is 5.75 Å². The molecule has 1 N–H and O–H groups in total. The van der Waals surface area contributed by atoms with Crippen LogP contribution in [-0.4, -0.2) is 43.7 Å². The Morgan fingerprint density at radius 1 is 1.35 bits per heavy atom. The molecular formula is C20H34N2O. The van der Waals surface area contributed by atoms with Gasteiger partial charge in [0.15, 0.2) is 0 Å². The Morgan fingerprint density at radius 3 is 2.83 bits per heavy atom. The highest BCUT2D eigenvalue weighted by Gasteiger charge is 2.21. The van der Waals surface area contributed by atoms with E-state index in [-0.39, 0.29) is 0 Å². The number of ether oxygens (including phenoxy) is 1. The van der Waals surface area contributed by atoms with E-state index in [1.165, 1.54) is 36.9 Å². The first-order valence-corrected chi connectivity index (χ1v) is 9.27. The number of hydrogen-bond donors (Lipinski definition) is 1. The van der Waals surface area contributed by atoms with Crippen LogP contribution >= 0.6 is 0 Å².